The molecule has 3 aliphatic heterocycles. The molecule has 3 heterocycles. The summed E-state index contributed by atoms with van der Waals surface area (Å²) in [6, 6.07) is 7.84. The predicted octanol–water partition coefficient (Wildman–Crippen LogP) is 1.27. The number of methoxy groups -OCH3 is 1. The van der Waals surface area contributed by atoms with Crippen LogP contribution in [0.5, 0.6) is 0 Å². The number of carbonyl (C=O) groups is 1. The van der Waals surface area contributed by atoms with Gasteiger partial charge in [0.05, 0.1) is 25.2 Å². The normalized spacial score (nSPS) is 42.5. The van der Waals surface area contributed by atoms with Crippen LogP contribution in [0.4, 0.5) is 5.69 Å². The molecule has 0 aromatic heterocycles. The van der Waals surface area contributed by atoms with Gasteiger partial charge in [-0.3, -0.25) is 9.69 Å². The van der Waals surface area contributed by atoms with Crippen LogP contribution in [-0.2, 0) is 14.9 Å². The van der Waals surface area contributed by atoms with Gasteiger partial charge in [-0.2, -0.15) is 0 Å². The predicted molar refractivity (Wildman–Crippen MR) is 105 cm³/mol. The molecule has 3 bridgehead atoms. The highest BCUT2D eigenvalue weighted by Gasteiger charge is 2.82. The van der Waals surface area contributed by atoms with Crippen LogP contribution >= 0.6 is 0 Å². The number of ether oxygens (including phenoxy) is 1. The molecular weight excluding hydrogens is 356 g/mol. The number of piperidine rings is 2. The van der Waals surface area contributed by atoms with Gasteiger partial charge in [-0.25, -0.2) is 0 Å². The van der Waals surface area contributed by atoms with Crippen LogP contribution in [0.1, 0.15) is 25.3 Å². The zero-order chi connectivity index (χ0) is 19.9. The fourth-order valence-electron chi connectivity index (χ4n) is 7.27. The number of likely N-dealkylation sites (N-methyl/N-ethyl adjacent to an activating group) is 1. The van der Waals surface area contributed by atoms with Crippen LogP contribution < -0.4 is 4.90 Å². The van der Waals surface area contributed by atoms with Crippen molar-refractivity contribution in [2.75, 3.05) is 38.8 Å². The Hall–Kier alpha value is -1.89. The van der Waals surface area contributed by atoms with Gasteiger partial charge in [-0.1, -0.05) is 29.8 Å². The second-order valence-corrected chi connectivity index (χ2v) is 8.72. The van der Waals surface area contributed by atoms with E-state index in [2.05, 4.69) is 11.0 Å². The van der Waals surface area contributed by atoms with Crippen LogP contribution in [0.2, 0.25) is 0 Å². The monoisotopic (exact) mass is 384 g/mol. The van der Waals surface area contributed by atoms with Gasteiger partial charge in [-0.05, 0) is 31.4 Å². The summed E-state index contributed by atoms with van der Waals surface area (Å²) in [5.41, 5.74) is -0.381. The van der Waals surface area contributed by atoms with Gasteiger partial charge in [-0.15, -0.1) is 0 Å². The first-order chi connectivity index (χ1) is 13.4. The summed E-state index contributed by atoms with van der Waals surface area (Å²) >= 11 is 0. The first kappa shape index (κ1) is 18.2. The molecule has 28 heavy (non-hydrogen) atoms. The summed E-state index contributed by atoms with van der Waals surface area (Å²) in [6.07, 6.45) is 3.31. The number of hydrogen-bond acceptors (Lipinski definition) is 6. The van der Waals surface area contributed by atoms with Crippen LogP contribution in [-0.4, -0.2) is 66.7 Å². The van der Waals surface area contributed by atoms with Crippen molar-refractivity contribution < 1.29 is 19.7 Å². The maximum Gasteiger partial charge on any atom is 0.315 e. The summed E-state index contributed by atoms with van der Waals surface area (Å²) in [7, 11) is 3.30. The van der Waals surface area contributed by atoms with E-state index in [0.29, 0.717) is 19.4 Å². The molecule has 1 aromatic rings. The van der Waals surface area contributed by atoms with Crippen molar-refractivity contribution in [1.82, 2.24) is 4.90 Å². The van der Waals surface area contributed by atoms with Gasteiger partial charge in [0.15, 0.2) is 5.72 Å². The quantitative estimate of drug-likeness (QED) is 0.591. The maximum atomic E-state index is 13.5. The molecule has 1 saturated carbocycles. The Balaban J connectivity index is 1.91. The zero-order valence-electron chi connectivity index (χ0n) is 16.7. The van der Waals surface area contributed by atoms with E-state index in [9.17, 15) is 15.0 Å². The molecule has 1 aliphatic carbocycles. The minimum atomic E-state index is -1.28. The molecule has 150 valence electrons. The van der Waals surface area contributed by atoms with E-state index in [1.807, 2.05) is 43.1 Å². The number of anilines is 1. The van der Waals surface area contributed by atoms with Gasteiger partial charge in [0, 0.05) is 31.7 Å². The lowest BCUT2D eigenvalue weighted by Crippen LogP contribution is -2.84. The summed E-state index contributed by atoms with van der Waals surface area (Å²) in [4.78, 5) is 17.8. The number of fused-ring (bicyclic) bond motifs is 2. The summed E-state index contributed by atoms with van der Waals surface area (Å²) < 4.78 is 5.35. The number of allylic oxidation sites excluding steroid dienone is 1. The highest BCUT2D eigenvalue weighted by molar-refractivity contribution is 5.85. The molecule has 5 rings (SSSR count). The third kappa shape index (κ3) is 1.59. The highest BCUT2D eigenvalue weighted by atomic mass is 16.5. The smallest absolute Gasteiger partial charge is 0.315 e. The fraction of sp³-hybridized carbons (Fsp3) is 0.591. The van der Waals surface area contributed by atoms with Crippen molar-refractivity contribution in [3.05, 3.63) is 41.5 Å². The SMILES string of the molecule is CC=C1CN2CCC34c5ccccc5N(C)C3(O)C2CC1C4(CO)C(=O)OC. The zero-order valence-corrected chi connectivity index (χ0v) is 16.7. The Morgan fingerprint density at radius 3 is 2.82 bits per heavy atom. The maximum absolute atomic E-state index is 13.5. The van der Waals surface area contributed by atoms with Gasteiger partial charge in [0.2, 0.25) is 0 Å². The standard InChI is InChI=1S/C22H28N2O4/c1-4-14-12-24-10-9-21-15-7-5-6-8-17(15)23(2)22(21,27)18(24)11-16(14)20(21,13-25)19(26)28-3/h4-8,16,18,25,27H,9-13H2,1-3H3. The first-order valence-corrected chi connectivity index (χ1v) is 10.1. The van der Waals surface area contributed by atoms with Crippen molar-refractivity contribution in [1.29, 1.82) is 0 Å². The minimum Gasteiger partial charge on any atom is -0.468 e. The fourth-order valence-corrected chi connectivity index (χ4v) is 7.27. The highest BCUT2D eigenvalue weighted by Crippen LogP contribution is 2.71. The van der Waals surface area contributed by atoms with Gasteiger partial charge in [0.1, 0.15) is 5.41 Å². The Labute approximate surface area is 165 Å². The molecule has 0 spiro atoms. The van der Waals surface area contributed by atoms with Crippen molar-refractivity contribution in [2.45, 2.75) is 36.9 Å². The van der Waals surface area contributed by atoms with E-state index in [0.717, 1.165) is 23.4 Å². The molecular formula is C22H28N2O4. The third-order valence-electron chi connectivity index (χ3n) is 8.36. The number of rotatable bonds is 2. The van der Waals surface area contributed by atoms with E-state index < -0.39 is 22.5 Å². The Morgan fingerprint density at radius 2 is 2.14 bits per heavy atom. The number of esters is 1. The molecule has 6 heteroatoms. The van der Waals surface area contributed by atoms with Gasteiger partial charge in [0.25, 0.3) is 0 Å². The Kier molecular flexibility index (Phi) is 3.62. The number of carbonyl (C=O) groups excluding carboxylic acids is 1. The van der Waals surface area contributed by atoms with E-state index in [-0.39, 0.29) is 18.6 Å². The Bertz CT molecular complexity index is 885. The average molecular weight is 384 g/mol. The van der Waals surface area contributed by atoms with Crippen molar-refractivity contribution >= 4 is 11.7 Å². The second-order valence-electron chi connectivity index (χ2n) is 8.72. The molecule has 2 saturated heterocycles. The lowest BCUT2D eigenvalue weighted by Gasteiger charge is -2.70. The molecule has 0 amide bonds. The summed E-state index contributed by atoms with van der Waals surface area (Å²) in [5.74, 6) is -0.576. The van der Waals surface area contributed by atoms with Crippen molar-refractivity contribution in [2.24, 2.45) is 11.3 Å². The minimum absolute atomic E-state index is 0.100. The Morgan fingerprint density at radius 1 is 1.39 bits per heavy atom. The largest absolute Gasteiger partial charge is 0.468 e. The molecule has 2 N–H and O–H groups in total. The first-order valence-electron chi connectivity index (χ1n) is 10.1. The number of hydrogen-bond donors (Lipinski definition) is 2. The molecule has 6 nitrogen and oxygen atoms in total. The second kappa shape index (κ2) is 5.59. The molecule has 0 radical (unpaired) electrons. The van der Waals surface area contributed by atoms with Crippen LogP contribution in [0.25, 0.3) is 0 Å². The van der Waals surface area contributed by atoms with Gasteiger partial charge < -0.3 is 19.8 Å². The van der Waals surface area contributed by atoms with E-state index in [4.69, 9.17) is 4.74 Å². The van der Waals surface area contributed by atoms with E-state index >= 15 is 0 Å². The lowest BCUT2D eigenvalue weighted by molar-refractivity contribution is -0.243. The van der Waals surface area contributed by atoms with Crippen molar-refractivity contribution in [3.8, 4) is 0 Å². The van der Waals surface area contributed by atoms with E-state index in [1.54, 1.807) is 0 Å². The molecule has 3 fully saturated rings. The van der Waals surface area contributed by atoms with Crippen LogP contribution in [0, 0.1) is 11.3 Å². The number of aliphatic hydroxyl groups is 2. The average Bonchev–Trinajstić information content (AvgIpc) is 2.94. The van der Waals surface area contributed by atoms with Gasteiger partial charge >= 0.3 is 5.97 Å². The summed E-state index contributed by atoms with van der Waals surface area (Å²) in [6.45, 7) is 3.14. The number of para-hydroxylation sites is 1. The number of aliphatic hydroxyl groups excluding tert-OH is 1. The van der Waals surface area contributed by atoms with Crippen LogP contribution in [0.15, 0.2) is 35.9 Å². The molecule has 5 unspecified atom stereocenters. The number of benzene rings is 1. The molecule has 1 aromatic carbocycles. The van der Waals surface area contributed by atoms with Crippen molar-refractivity contribution in [3.63, 3.8) is 0 Å². The summed E-state index contributed by atoms with van der Waals surface area (Å²) in [5, 5.41) is 23.3. The number of nitrogens with zero attached hydrogens (tertiary/aromatic N) is 2. The third-order valence-corrected chi connectivity index (χ3v) is 8.36. The molecule has 5 atom stereocenters. The van der Waals surface area contributed by atoms with Crippen LogP contribution in [0.3, 0.4) is 0 Å². The lowest BCUT2D eigenvalue weighted by atomic mass is 9.41. The molecule has 4 aliphatic rings. The topological polar surface area (TPSA) is 73.2 Å². The van der Waals surface area contributed by atoms with E-state index in [1.165, 1.54) is 7.11 Å².